The van der Waals surface area contributed by atoms with E-state index < -0.39 is 0 Å². The summed E-state index contributed by atoms with van der Waals surface area (Å²) in [6.45, 7) is 3.40. The van der Waals surface area contributed by atoms with Crippen LogP contribution >= 0.6 is 22.6 Å². The average molecular weight is 281 g/mol. The molecule has 0 aliphatic carbocycles. The molecule has 2 fully saturated rings. The Bertz CT molecular complexity index is 157. The molecule has 12 heavy (non-hydrogen) atoms. The molecule has 0 radical (unpaired) electrons. The van der Waals surface area contributed by atoms with Crippen LogP contribution in [-0.2, 0) is 4.74 Å². The van der Waals surface area contributed by atoms with Crippen LogP contribution in [0.25, 0.3) is 0 Å². The SMILES string of the molecule is ICC1CC2(CCNCC2)CO1. The summed E-state index contributed by atoms with van der Waals surface area (Å²) in [5.74, 6) is 0. The molecule has 1 unspecified atom stereocenters. The van der Waals surface area contributed by atoms with Crippen molar-refractivity contribution >= 4 is 22.6 Å². The second-order valence-electron chi connectivity index (χ2n) is 4.04. The third-order valence-electron chi connectivity index (χ3n) is 3.12. The van der Waals surface area contributed by atoms with Crippen LogP contribution in [0.4, 0.5) is 0 Å². The van der Waals surface area contributed by atoms with Gasteiger partial charge in [0.25, 0.3) is 0 Å². The Morgan fingerprint density at radius 1 is 1.42 bits per heavy atom. The van der Waals surface area contributed by atoms with Crippen LogP contribution in [0.2, 0.25) is 0 Å². The summed E-state index contributed by atoms with van der Waals surface area (Å²) in [6.07, 6.45) is 4.49. The highest BCUT2D eigenvalue weighted by Gasteiger charge is 2.40. The van der Waals surface area contributed by atoms with Crippen molar-refractivity contribution in [3.63, 3.8) is 0 Å². The molecule has 0 aromatic carbocycles. The summed E-state index contributed by atoms with van der Waals surface area (Å²) in [5, 5.41) is 3.41. The molecule has 2 nitrogen and oxygen atoms in total. The second-order valence-corrected chi connectivity index (χ2v) is 4.92. The van der Waals surface area contributed by atoms with E-state index in [0.29, 0.717) is 11.5 Å². The smallest absolute Gasteiger partial charge is 0.0670 e. The van der Waals surface area contributed by atoms with Crippen molar-refractivity contribution in [3.05, 3.63) is 0 Å². The van der Waals surface area contributed by atoms with Crippen molar-refractivity contribution in [3.8, 4) is 0 Å². The van der Waals surface area contributed by atoms with Gasteiger partial charge >= 0.3 is 0 Å². The van der Waals surface area contributed by atoms with Crippen molar-refractivity contribution in [1.82, 2.24) is 5.32 Å². The lowest BCUT2D eigenvalue weighted by molar-refractivity contribution is 0.0984. The first-order valence-electron chi connectivity index (χ1n) is 4.73. The third kappa shape index (κ3) is 1.77. The normalized spacial score (nSPS) is 34.2. The number of halogens is 1. The molecule has 0 aromatic rings. The van der Waals surface area contributed by atoms with Gasteiger partial charge in [-0.2, -0.15) is 0 Å². The molecule has 0 bridgehead atoms. The molecule has 2 aliphatic rings. The van der Waals surface area contributed by atoms with Gasteiger partial charge in [0.2, 0.25) is 0 Å². The van der Waals surface area contributed by atoms with Crippen molar-refractivity contribution in [2.24, 2.45) is 5.41 Å². The maximum Gasteiger partial charge on any atom is 0.0670 e. The number of piperidine rings is 1. The van der Waals surface area contributed by atoms with E-state index in [1.54, 1.807) is 0 Å². The highest BCUT2D eigenvalue weighted by Crippen LogP contribution is 2.40. The van der Waals surface area contributed by atoms with E-state index in [9.17, 15) is 0 Å². The Morgan fingerprint density at radius 3 is 2.75 bits per heavy atom. The first-order chi connectivity index (χ1) is 5.85. The number of rotatable bonds is 1. The van der Waals surface area contributed by atoms with Gasteiger partial charge in [-0.15, -0.1) is 0 Å². The monoisotopic (exact) mass is 281 g/mol. The highest BCUT2D eigenvalue weighted by molar-refractivity contribution is 14.1. The maximum atomic E-state index is 5.76. The molecule has 0 saturated carbocycles. The number of alkyl halides is 1. The van der Waals surface area contributed by atoms with Crippen LogP contribution < -0.4 is 5.32 Å². The van der Waals surface area contributed by atoms with Gasteiger partial charge in [-0.3, -0.25) is 0 Å². The zero-order valence-electron chi connectivity index (χ0n) is 7.31. The number of nitrogens with one attached hydrogen (secondary N) is 1. The van der Waals surface area contributed by atoms with Crippen LogP contribution in [0.1, 0.15) is 19.3 Å². The van der Waals surface area contributed by atoms with E-state index in [-0.39, 0.29) is 0 Å². The first-order valence-corrected chi connectivity index (χ1v) is 6.26. The van der Waals surface area contributed by atoms with Crippen molar-refractivity contribution in [1.29, 1.82) is 0 Å². The highest BCUT2D eigenvalue weighted by atomic mass is 127. The summed E-state index contributed by atoms with van der Waals surface area (Å²) in [5.41, 5.74) is 0.557. The van der Waals surface area contributed by atoms with Crippen LogP contribution in [0, 0.1) is 5.41 Å². The zero-order valence-corrected chi connectivity index (χ0v) is 9.47. The van der Waals surface area contributed by atoms with Crippen molar-refractivity contribution < 1.29 is 4.74 Å². The van der Waals surface area contributed by atoms with Gasteiger partial charge < -0.3 is 10.1 Å². The summed E-state index contributed by atoms with van der Waals surface area (Å²) in [6, 6.07) is 0. The van der Waals surface area contributed by atoms with Crippen LogP contribution in [0.3, 0.4) is 0 Å². The van der Waals surface area contributed by atoms with Crippen LogP contribution in [0.15, 0.2) is 0 Å². The molecule has 1 N–H and O–H groups in total. The van der Waals surface area contributed by atoms with Gasteiger partial charge in [0.05, 0.1) is 12.7 Å². The summed E-state index contributed by atoms with van der Waals surface area (Å²) < 4.78 is 6.92. The van der Waals surface area contributed by atoms with E-state index >= 15 is 0 Å². The molecule has 1 spiro atoms. The molecule has 2 rings (SSSR count). The summed E-state index contributed by atoms with van der Waals surface area (Å²) in [7, 11) is 0. The number of hydrogen-bond donors (Lipinski definition) is 1. The quantitative estimate of drug-likeness (QED) is 0.582. The Morgan fingerprint density at radius 2 is 2.17 bits per heavy atom. The van der Waals surface area contributed by atoms with Gasteiger partial charge in [0, 0.05) is 4.43 Å². The third-order valence-corrected chi connectivity index (χ3v) is 4.10. The number of ether oxygens (including phenoxy) is 1. The lowest BCUT2D eigenvalue weighted by atomic mass is 9.77. The van der Waals surface area contributed by atoms with Crippen LogP contribution in [0.5, 0.6) is 0 Å². The molecule has 2 saturated heterocycles. The standard InChI is InChI=1S/C9H16INO/c10-6-8-5-9(7-12-8)1-3-11-4-2-9/h8,11H,1-7H2. The van der Waals surface area contributed by atoms with Crippen molar-refractivity contribution in [2.45, 2.75) is 25.4 Å². The molecule has 70 valence electrons. The minimum absolute atomic E-state index is 0.545. The molecule has 2 aliphatic heterocycles. The topological polar surface area (TPSA) is 21.3 Å². The number of hydrogen-bond acceptors (Lipinski definition) is 2. The lowest BCUT2D eigenvalue weighted by Crippen LogP contribution is -2.37. The van der Waals surface area contributed by atoms with E-state index in [2.05, 4.69) is 27.9 Å². The lowest BCUT2D eigenvalue weighted by Gasteiger charge is -2.32. The van der Waals surface area contributed by atoms with Gasteiger partial charge in [-0.25, -0.2) is 0 Å². The molecule has 2 heterocycles. The average Bonchev–Trinajstić information content (AvgIpc) is 2.50. The fourth-order valence-electron chi connectivity index (χ4n) is 2.30. The molecule has 0 aromatic heterocycles. The van der Waals surface area contributed by atoms with Gasteiger partial charge in [0.15, 0.2) is 0 Å². The summed E-state index contributed by atoms with van der Waals surface area (Å²) >= 11 is 2.43. The van der Waals surface area contributed by atoms with E-state index in [1.807, 2.05) is 0 Å². The Balaban J connectivity index is 1.94. The van der Waals surface area contributed by atoms with Crippen molar-refractivity contribution in [2.75, 3.05) is 24.1 Å². The fraction of sp³-hybridized carbons (Fsp3) is 1.00. The summed E-state index contributed by atoms with van der Waals surface area (Å²) in [4.78, 5) is 0. The van der Waals surface area contributed by atoms with Crippen LogP contribution in [-0.4, -0.2) is 30.2 Å². The fourth-order valence-corrected chi connectivity index (χ4v) is 2.87. The van der Waals surface area contributed by atoms with E-state index in [1.165, 1.54) is 32.4 Å². The predicted octanol–water partition coefficient (Wildman–Crippen LogP) is 1.58. The molecule has 3 heteroatoms. The first kappa shape index (κ1) is 9.21. The van der Waals surface area contributed by atoms with Gasteiger partial charge in [-0.05, 0) is 37.8 Å². The maximum absolute atomic E-state index is 5.76. The van der Waals surface area contributed by atoms with Gasteiger partial charge in [-0.1, -0.05) is 22.6 Å². The van der Waals surface area contributed by atoms with Gasteiger partial charge in [0.1, 0.15) is 0 Å². The molecular formula is C9H16INO. The minimum Gasteiger partial charge on any atom is -0.377 e. The Labute approximate surface area is 87.6 Å². The largest absolute Gasteiger partial charge is 0.377 e. The molecule has 0 amide bonds. The van der Waals surface area contributed by atoms with E-state index in [0.717, 1.165) is 11.0 Å². The predicted molar refractivity (Wildman–Crippen MR) is 57.8 cm³/mol. The minimum atomic E-state index is 0.545. The van der Waals surface area contributed by atoms with E-state index in [4.69, 9.17) is 4.74 Å². The Kier molecular flexibility index (Phi) is 2.92. The Hall–Kier alpha value is 0.650. The second kappa shape index (κ2) is 3.80. The molecule has 1 atom stereocenters. The zero-order chi connectivity index (χ0) is 8.44. The molecular weight excluding hydrogens is 265 g/mol.